The lowest BCUT2D eigenvalue weighted by atomic mass is 10.1. The summed E-state index contributed by atoms with van der Waals surface area (Å²) < 4.78 is 34.1. The van der Waals surface area contributed by atoms with Crippen LogP contribution in [0, 0.1) is 0 Å². The maximum atomic E-state index is 15.1. The molecule has 224 valence electrons. The molecule has 0 spiro atoms. The Morgan fingerprint density at radius 3 is 2.69 bits per heavy atom. The maximum Gasteiger partial charge on any atom is 0.377 e. The Balaban J connectivity index is 1.23. The smallest absolute Gasteiger partial charge is 0.377 e. The number of rotatable bonds is 7. The molecular weight excluding hydrogens is 622 g/mol. The Hall–Kier alpha value is -3.43. The van der Waals surface area contributed by atoms with Crippen LogP contribution in [0.15, 0.2) is 35.8 Å². The molecule has 2 fully saturated rings. The quantitative estimate of drug-likeness (QED) is 0.0917. The molecule has 0 bridgehead atoms. The van der Waals surface area contributed by atoms with Crippen molar-refractivity contribution in [2.45, 2.75) is 41.3 Å². The van der Waals surface area contributed by atoms with Gasteiger partial charge in [-0.15, -0.1) is 11.8 Å². The summed E-state index contributed by atoms with van der Waals surface area (Å²) in [5.74, 6) is -0.544. The normalized spacial score (nSPS) is 30.2. The van der Waals surface area contributed by atoms with Gasteiger partial charge in [0.05, 0.1) is 24.3 Å². The van der Waals surface area contributed by atoms with Crippen LogP contribution in [0.5, 0.6) is 0 Å². The Morgan fingerprint density at radius 2 is 1.93 bits per heavy atom. The monoisotopic (exact) mass is 644 g/mol. The van der Waals surface area contributed by atoms with Gasteiger partial charge in [0, 0.05) is 11.8 Å². The Morgan fingerprint density at radius 1 is 1.19 bits per heavy atom. The van der Waals surface area contributed by atoms with Crippen molar-refractivity contribution in [3.8, 4) is 0 Å². The van der Waals surface area contributed by atoms with E-state index in [0.29, 0.717) is 0 Å². The number of nitrogens with two attached hydrogens (primary N) is 2. The molecule has 0 amide bonds. The number of anilines is 2. The van der Waals surface area contributed by atoms with Crippen molar-refractivity contribution in [1.29, 1.82) is 0 Å². The first-order chi connectivity index (χ1) is 20.0. The number of hydrogen-bond acceptors (Lipinski definition) is 16. The number of aliphatic hydroxyl groups excluding tert-OH is 3. The summed E-state index contributed by atoms with van der Waals surface area (Å²) in [4.78, 5) is 45.4. The molecule has 18 nitrogen and oxygen atoms in total. The number of fused-ring (bicyclic) bond motifs is 2. The molecule has 8 atom stereocenters. The van der Waals surface area contributed by atoms with Crippen LogP contribution >= 0.6 is 18.5 Å². The number of alkyl halides is 1. The van der Waals surface area contributed by atoms with Crippen molar-refractivity contribution in [2.24, 2.45) is 0 Å². The number of nitrogens with zero attached hydrogens (tertiary/aromatic N) is 7. The van der Waals surface area contributed by atoms with Crippen molar-refractivity contribution in [3.63, 3.8) is 0 Å². The van der Waals surface area contributed by atoms with Gasteiger partial charge >= 0.3 is 6.72 Å². The third kappa shape index (κ3) is 4.86. The lowest BCUT2D eigenvalue weighted by molar-refractivity contribution is 0.0175. The number of nitrogens with one attached hydrogen (secondary N) is 1. The van der Waals surface area contributed by atoms with Crippen LogP contribution in [0.3, 0.4) is 0 Å². The number of H-pyrrole nitrogens is 1. The van der Waals surface area contributed by atoms with Gasteiger partial charge in [-0.05, 0) is 0 Å². The summed E-state index contributed by atoms with van der Waals surface area (Å²) in [7, 11) is 0. The van der Waals surface area contributed by atoms with Crippen LogP contribution in [0.4, 0.5) is 16.2 Å². The third-order valence-corrected chi connectivity index (χ3v) is 9.51. The topological polar surface area (TPSA) is 268 Å². The number of hydrogen-bond donors (Lipinski definition) is 7. The molecule has 0 radical (unpaired) electrons. The first-order valence-corrected chi connectivity index (χ1v) is 15.5. The molecule has 2 aliphatic heterocycles. The lowest BCUT2D eigenvalue weighted by Gasteiger charge is -2.26. The van der Waals surface area contributed by atoms with Gasteiger partial charge in [0.1, 0.15) is 35.9 Å². The van der Waals surface area contributed by atoms with E-state index in [1.54, 1.807) is 0 Å². The first kappa shape index (κ1) is 28.7. The van der Waals surface area contributed by atoms with Crippen LogP contribution in [-0.2, 0) is 25.6 Å². The van der Waals surface area contributed by atoms with E-state index in [0.717, 1.165) is 24.4 Å². The highest BCUT2D eigenvalue weighted by atomic mass is 32.5. The van der Waals surface area contributed by atoms with Gasteiger partial charge < -0.3 is 40.9 Å². The molecule has 0 aliphatic carbocycles. The molecule has 6 heterocycles. The van der Waals surface area contributed by atoms with Gasteiger partial charge in [-0.25, -0.2) is 24.3 Å². The summed E-state index contributed by atoms with van der Waals surface area (Å²) in [6.45, 7) is -4.74. The van der Waals surface area contributed by atoms with Crippen molar-refractivity contribution >= 4 is 64.4 Å². The first-order valence-electron chi connectivity index (χ1n) is 12.0. The predicted molar refractivity (Wildman–Crippen MR) is 147 cm³/mol. The molecule has 0 saturated carbocycles. The Bertz CT molecular complexity index is 1800. The maximum absolute atomic E-state index is 15.1. The number of ether oxygens (including phenoxy) is 1. The molecule has 2 saturated heterocycles. The second-order valence-corrected chi connectivity index (χ2v) is 13.3. The van der Waals surface area contributed by atoms with E-state index in [1.807, 2.05) is 0 Å². The zero-order valence-electron chi connectivity index (χ0n) is 20.9. The average molecular weight is 645 g/mol. The summed E-state index contributed by atoms with van der Waals surface area (Å²) in [5, 5.41) is 29.4. The molecule has 42 heavy (non-hydrogen) atoms. The third-order valence-electron chi connectivity index (χ3n) is 6.56. The standard InChI is InChI=1S/C20H22FN10O8PS2/c21-8-11(33)6(38-18(8)30-4-26-9-14(22)24-3-25-15(9)30)2-37-40(36,41)39-13-12(34)7(1-32)42-19(13)31-5-27-10-16(31)28-20(23)29-17(10)35/h2-5,7-8,11-13,18-19,32-34H,1H2,(H,36,41)(H2,22,24,25)(H3,23,28,29,35)/b6-2+/t7-,8+,11-,12-,13-,18-,19-,40?/m1/s1. The molecule has 2 aliphatic rings. The minimum Gasteiger partial charge on any atom is -0.465 e. The zero-order chi connectivity index (χ0) is 29.9. The molecule has 6 rings (SSSR count). The summed E-state index contributed by atoms with van der Waals surface area (Å²) >= 11 is 6.17. The molecule has 9 N–H and O–H groups in total. The number of imidazole rings is 2. The predicted octanol–water partition coefficient (Wildman–Crippen LogP) is -1.22. The van der Waals surface area contributed by atoms with E-state index in [-0.39, 0.29) is 34.1 Å². The second-order valence-electron chi connectivity index (χ2n) is 9.16. The Kier molecular flexibility index (Phi) is 7.30. The molecular formula is C20H22FN10O8PS2. The number of aromatic nitrogens is 8. The minimum absolute atomic E-state index is 0.0441. The lowest BCUT2D eigenvalue weighted by Crippen LogP contribution is -2.34. The van der Waals surface area contributed by atoms with Crippen molar-refractivity contribution < 1.29 is 38.4 Å². The van der Waals surface area contributed by atoms with E-state index < -0.39 is 66.0 Å². The van der Waals surface area contributed by atoms with Gasteiger partial charge in [0.2, 0.25) is 12.2 Å². The van der Waals surface area contributed by atoms with Crippen LogP contribution in [0.2, 0.25) is 0 Å². The number of thioether (sulfide) groups is 1. The van der Waals surface area contributed by atoms with E-state index >= 15 is 4.39 Å². The van der Waals surface area contributed by atoms with Gasteiger partial charge in [0.15, 0.2) is 40.7 Å². The average Bonchev–Trinajstić information content (AvgIpc) is 3.69. The fourth-order valence-corrected chi connectivity index (χ4v) is 7.34. The molecule has 0 aromatic carbocycles. The van der Waals surface area contributed by atoms with Crippen LogP contribution in [0.25, 0.3) is 22.3 Å². The zero-order valence-corrected chi connectivity index (χ0v) is 23.4. The van der Waals surface area contributed by atoms with E-state index in [1.165, 1.54) is 21.8 Å². The van der Waals surface area contributed by atoms with E-state index in [9.17, 15) is 25.0 Å². The summed E-state index contributed by atoms with van der Waals surface area (Å²) in [6.07, 6.45) is -3.57. The fourth-order valence-electron chi connectivity index (χ4n) is 4.58. The molecule has 4 aromatic heterocycles. The largest absolute Gasteiger partial charge is 0.465 e. The van der Waals surface area contributed by atoms with Crippen LogP contribution in [-0.4, -0.2) is 95.6 Å². The van der Waals surface area contributed by atoms with Crippen molar-refractivity contribution in [3.05, 3.63) is 41.4 Å². The highest BCUT2D eigenvalue weighted by molar-refractivity contribution is 8.07. The van der Waals surface area contributed by atoms with Crippen LogP contribution < -0.4 is 17.0 Å². The molecule has 1 unspecified atom stereocenters. The van der Waals surface area contributed by atoms with E-state index in [2.05, 4.69) is 29.9 Å². The second kappa shape index (κ2) is 10.7. The summed E-state index contributed by atoms with van der Waals surface area (Å²) in [6, 6.07) is 0. The molecule has 22 heteroatoms. The van der Waals surface area contributed by atoms with Gasteiger partial charge in [-0.2, -0.15) is 4.98 Å². The number of halogens is 1. The van der Waals surface area contributed by atoms with Crippen LogP contribution in [0.1, 0.15) is 11.6 Å². The number of aliphatic hydroxyl groups is 3. The van der Waals surface area contributed by atoms with Gasteiger partial charge in [0.25, 0.3) is 5.56 Å². The van der Waals surface area contributed by atoms with Gasteiger partial charge in [-0.3, -0.25) is 23.4 Å². The SMILES string of the molecule is Nc1nc2c(ncn2[C@@H]2S[C@H](CO)[C@@H](O)[C@H]2OP(O)(=S)O/C=C2/O[C@@H](n3cnc4c(N)ncnc43)[C@@H](F)[C@@H]2O)c(=O)[nH]1. The minimum atomic E-state index is -4.27. The fraction of sp³-hybridized carbons (Fsp3) is 0.400. The Labute approximate surface area is 242 Å². The highest BCUT2D eigenvalue weighted by Gasteiger charge is 2.48. The number of nitrogen functional groups attached to an aromatic ring is 2. The van der Waals surface area contributed by atoms with Gasteiger partial charge in [-0.1, -0.05) is 0 Å². The number of aromatic amines is 1. The van der Waals surface area contributed by atoms with Crippen molar-refractivity contribution in [2.75, 3.05) is 18.1 Å². The van der Waals surface area contributed by atoms with E-state index in [4.69, 9.17) is 37.1 Å². The summed E-state index contributed by atoms with van der Waals surface area (Å²) in [5.41, 5.74) is 11.2. The molecule has 4 aromatic rings. The highest BCUT2D eigenvalue weighted by Crippen LogP contribution is 2.54. The van der Waals surface area contributed by atoms with Crippen molar-refractivity contribution in [1.82, 2.24) is 39.0 Å².